The van der Waals surface area contributed by atoms with Gasteiger partial charge < -0.3 is 5.32 Å². The second kappa shape index (κ2) is 5.93. The van der Waals surface area contributed by atoms with E-state index >= 15 is 0 Å². The molecule has 0 amide bonds. The molecule has 0 saturated carbocycles. The Morgan fingerprint density at radius 1 is 1.26 bits per heavy atom. The maximum Gasteiger partial charge on any atom is 0.142 e. The maximum absolute atomic E-state index is 13.5. The number of anilines is 1. The van der Waals surface area contributed by atoms with E-state index < -0.39 is 5.82 Å². The summed E-state index contributed by atoms with van der Waals surface area (Å²) in [6.45, 7) is 4.01. The molecule has 0 aliphatic heterocycles. The van der Waals surface area contributed by atoms with Crippen molar-refractivity contribution in [3.8, 4) is 0 Å². The molecule has 2 aromatic carbocycles. The normalized spacial score (nSPS) is 12.3. The van der Waals surface area contributed by atoms with Crippen LogP contribution in [0.5, 0.6) is 0 Å². The van der Waals surface area contributed by atoms with Crippen LogP contribution in [-0.4, -0.2) is 0 Å². The van der Waals surface area contributed by atoms with E-state index in [1.807, 2.05) is 38.1 Å². The topological polar surface area (TPSA) is 12.0 Å². The zero-order valence-corrected chi connectivity index (χ0v) is 13.0. The van der Waals surface area contributed by atoms with E-state index in [0.29, 0.717) is 0 Å². The first-order valence-electron chi connectivity index (χ1n) is 5.95. The number of halogens is 3. The van der Waals surface area contributed by atoms with Gasteiger partial charge in [-0.15, -0.1) is 0 Å². The third-order valence-electron chi connectivity index (χ3n) is 3.01. The van der Waals surface area contributed by atoms with Crippen molar-refractivity contribution >= 4 is 33.2 Å². The smallest absolute Gasteiger partial charge is 0.142 e. The summed E-state index contributed by atoms with van der Waals surface area (Å²) in [5.74, 6) is -0.392. The molecule has 19 heavy (non-hydrogen) atoms. The SMILES string of the molecule is Cc1cccc(NC(C)c2ccc(Cl)c(F)c2)c1Br. The number of aryl methyl sites for hydroxylation is 1. The van der Waals surface area contributed by atoms with Crippen molar-refractivity contribution in [2.75, 3.05) is 5.32 Å². The third kappa shape index (κ3) is 3.28. The first kappa shape index (κ1) is 14.4. The minimum absolute atomic E-state index is 0.00938. The second-order valence-electron chi connectivity index (χ2n) is 4.48. The summed E-state index contributed by atoms with van der Waals surface area (Å²) < 4.78 is 14.5. The Kier molecular flexibility index (Phi) is 4.48. The molecule has 0 radical (unpaired) electrons. The molecule has 0 aliphatic rings. The lowest BCUT2D eigenvalue weighted by Gasteiger charge is -2.18. The summed E-state index contributed by atoms with van der Waals surface area (Å²) in [6, 6.07) is 10.9. The average molecular weight is 343 g/mol. The van der Waals surface area contributed by atoms with Crippen LogP contribution >= 0.6 is 27.5 Å². The van der Waals surface area contributed by atoms with Gasteiger partial charge in [0.05, 0.1) is 5.02 Å². The van der Waals surface area contributed by atoms with Gasteiger partial charge in [0, 0.05) is 16.2 Å². The summed E-state index contributed by atoms with van der Waals surface area (Å²) in [7, 11) is 0. The lowest BCUT2D eigenvalue weighted by Crippen LogP contribution is -2.07. The molecule has 1 N–H and O–H groups in total. The molecule has 4 heteroatoms. The zero-order valence-electron chi connectivity index (χ0n) is 10.7. The van der Waals surface area contributed by atoms with E-state index in [9.17, 15) is 4.39 Å². The van der Waals surface area contributed by atoms with Gasteiger partial charge in [0.25, 0.3) is 0 Å². The van der Waals surface area contributed by atoms with Gasteiger partial charge in [-0.3, -0.25) is 0 Å². The largest absolute Gasteiger partial charge is 0.378 e. The first-order valence-corrected chi connectivity index (χ1v) is 7.12. The monoisotopic (exact) mass is 341 g/mol. The van der Waals surface area contributed by atoms with E-state index in [1.54, 1.807) is 6.07 Å². The highest BCUT2D eigenvalue weighted by molar-refractivity contribution is 9.10. The predicted octanol–water partition coefficient (Wildman–Crippen LogP) is 5.72. The lowest BCUT2D eigenvalue weighted by molar-refractivity contribution is 0.624. The molecule has 0 saturated heterocycles. The van der Waals surface area contributed by atoms with Crippen LogP contribution in [0, 0.1) is 12.7 Å². The number of rotatable bonds is 3. The Hall–Kier alpha value is -1.06. The van der Waals surface area contributed by atoms with E-state index in [4.69, 9.17) is 11.6 Å². The van der Waals surface area contributed by atoms with E-state index in [-0.39, 0.29) is 11.1 Å². The van der Waals surface area contributed by atoms with Gasteiger partial charge in [0.2, 0.25) is 0 Å². The zero-order chi connectivity index (χ0) is 14.0. The first-order chi connectivity index (χ1) is 8.99. The third-order valence-corrected chi connectivity index (χ3v) is 4.37. The molecule has 0 aromatic heterocycles. The van der Waals surface area contributed by atoms with Crippen molar-refractivity contribution in [3.63, 3.8) is 0 Å². The highest BCUT2D eigenvalue weighted by Crippen LogP contribution is 2.29. The summed E-state index contributed by atoms with van der Waals surface area (Å²) in [5, 5.41) is 3.50. The van der Waals surface area contributed by atoms with Crippen LogP contribution < -0.4 is 5.32 Å². The standard InChI is InChI=1S/C15H14BrClFN/c1-9-4-3-5-14(15(9)16)19-10(2)11-6-7-12(17)13(18)8-11/h3-8,10,19H,1-2H3. The van der Waals surface area contributed by atoms with Crippen molar-refractivity contribution in [1.82, 2.24) is 0 Å². The number of benzene rings is 2. The summed E-state index contributed by atoms with van der Waals surface area (Å²) in [6.07, 6.45) is 0. The minimum Gasteiger partial charge on any atom is -0.378 e. The Morgan fingerprint density at radius 3 is 2.68 bits per heavy atom. The second-order valence-corrected chi connectivity index (χ2v) is 5.68. The molecule has 1 atom stereocenters. The Balaban J connectivity index is 2.23. The number of nitrogens with one attached hydrogen (secondary N) is 1. The Labute approximate surface area is 125 Å². The van der Waals surface area contributed by atoms with Gasteiger partial charge in [-0.25, -0.2) is 4.39 Å². The van der Waals surface area contributed by atoms with Crippen molar-refractivity contribution in [1.29, 1.82) is 0 Å². The Bertz CT molecular complexity index is 601. The van der Waals surface area contributed by atoms with Gasteiger partial charge in [-0.1, -0.05) is 29.8 Å². The molecule has 0 fully saturated rings. The summed E-state index contributed by atoms with van der Waals surface area (Å²) >= 11 is 9.24. The van der Waals surface area contributed by atoms with E-state index in [1.165, 1.54) is 6.07 Å². The van der Waals surface area contributed by atoms with Crippen LogP contribution in [0.25, 0.3) is 0 Å². The van der Waals surface area contributed by atoms with Gasteiger partial charge in [-0.2, -0.15) is 0 Å². The molecular formula is C15H14BrClFN. The van der Waals surface area contributed by atoms with Crippen molar-refractivity contribution < 1.29 is 4.39 Å². The molecule has 2 rings (SSSR count). The molecule has 0 spiro atoms. The van der Waals surface area contributed by atoms with E-state index in [0.717, 1.165) is 21.3 Å². The molecule has 0 bridgehead atoms. The fourth-order valence-electron chi connectivity index (χ4n) is 1.86. The predicted molar refractivity (Wildman–Crippen MR) is 82.3 cm³/mol. The molecule has 1 unspecified atom stereocenters. The number of hydrogen-bond donors (Lipinski definition) is 1. The van der Waals surface area contributed by atoms with Crippen LogP contribution in [0.15, 0.2) is 40.9 Å². The molecule has 0 aliphatic carbocycles. The Morgan fingerprint density at radius 2 is 2.00 bits per heavy atom. The summed E-state index contributed by atoms with van der Waals surface area (Å²) in [5.41, 5.74) is 3.00. The maximum atomic E-state index is 13.5. The van der Waals surface area contributed by atoms with E-state index in [2.05, 4.69) is 21.2 Å². The quantitative estimate of drug-likeness (QED) is 0.752. The van der Waals surface area contributed by atoms with Crippen LogP contribution in [0.4, 0.5) is 10.1 Å². The van der Waals surface area contributed by atoms with Crippen molar-refractivity contribution in [2.24, 2.45) is 0 Å². The lowest BCUT2D eigenvalue weighted by atomic mass is 10.1. The van der Waals surface area contributed by atoms with Crippen LogP contribution in [0.2, 0.25) is 5.02 Å². The summed E-state index contributed by atoms with van der Waals surface area (Å²) in [4.78, 5) is 0. The molecule has 100 valence electrons. The molecule has 2 aromatic rings. The van der Waals surface area contributed by atoms with Gasteiger partial charge in [0.15, 0.2) is 0 Å². The van der Waals surface area contributed by atoms with Gasteiger partial charge in [-0.05, 0) is 59.1 Å². The van der Waals surface area contributed by atoms with Gasteiger partial charge in [0.1, 0.15) is 5.82 Å². The van der Waals surface area contributed by atoms with Crippen molar-refractivity contribution in [3.05, 3.63) is 62.8 Å². The van der Waals surface area contributed by atoms with Gasteiger partial charge >= 0.3 is 0 Å². The minimum atomic E-state index is -0.392. The molecule has 1 nitrogen and oxygen atoms in total. The fourth-order valence-corrected chi connectivity index (χ4v) is 2.35. The van der Waals surface area contributed by atoms with Crippen LogP contribution in [-0.2, 0) is 0 Å². The number of hydrogen-bond acceptors (Lipinski definition) is 1. The van der Waals surface area contributed by atoms with Crippen LogP contribution in [0.1, 0.15) is 24.1 Å². The van der Waals surface area contributed by atoms with Crippen molar-refractivity contribution in [2.45, 2.75) is 19.9 Å². The average Bonchev–Trinajstić information content (AvgIpc) is 2.38. The highest BCUT2D eigenvalue weighted by atomic mass is 79.9. The fraction of sp³-hybridized carbons (Fsp3) is 0.200. The highest BCUT2D eigenvalue weighted by Gasteiger charge is 2.10. The molecular weight excluding hydrogens is 329 g/mol. The van der Waals surface area contributed by atoms with Crippen LogP contribution in [0.3, 0.4) is 0 Å². The molecule has 0 heterocycles.